The zero-order valence-corrected chi connectivity index (χ0v) is 18.4. The minimum Gasteiger partial charge on any atom is -0.467 e. The van der Waals surface area contributed by atoms with E-state index in [9.17, 15) is 14.4 Å². The van der Waals surface area contributed by atoms with Crippen molar-refractivity contribution in [1.82, 2.24) is 15.1 Å². The number of ether oxygens (including phenoxy) is 1. The molecule has 3 aliphatic carbocycles. The molecule has 2 aromatic rings. The molecule has 1 aromatic carbocycles. The Kier molecular flexibility index (Phi) is 4.71. The van der Waals surface area contributed by atoms with Crippen LogP contribution in [0.4, 0.5) is 0 Å². The van der Waals surface area contributed by atoms with E-state index in [1.165, 1.54) is 6.26 Å². The first-order chi connectivity index (χ1) is 16.0. The second-order valence-corrected chi connectivity index (χ2v) is 9.62. The van der Waals surface area contributed by atoms with Gasteiger partial charge >= 0.3 is 0 Å². The average Bonchev–Trinajstić information content (AvgIpc) is 3.39. The number of amides is 3. The summed E-state index contributed by atoms with van der Waals surface area (Å²) in [6, 6.07) is 10.7. The van der Waals surface area contributed by atoms with Crippen molar-refractivity contribution < 1.29 is 23.5 Å². The summed E-state index contributed by atoms with van der Waals surface area (Å²) in [7, 11) is 0. The lowest BCUT2D eigenvalue weighted by Gasteiger charge is -2.55. The van der Waals surface area contributed by atoms with Crippen LogP contribution in [0.2, 0.25) is 0 Å². The van der Waals surface area contributed by atoms with Gasteiger partial charge in [0.2, 0.25) is 5.91 Å². The highest BCUT2D eigenvalue weighted by molar-refractivity contribution is 5.98. The maximum atomic E-state index is 13.5. The summed E-state index contributed by atoms with van der Waals surface area (Å²) in [5.41, 5.74) is -0.140. The van der Waals surface area contributed by atoms with Crippen LogP contribution in [0, 0.1) is 17.8 Å². The maximum absolute atomic E-state index is 13.5. The van der Waals surface area contributed by atoms with Gasteiger partial charge in [0.05, 0.1) is 11.8 Å². The van der Waals surface area contributed by atoms with Gasteiger partial charge in [-0.05, 0) is 49.4 Å². The van der Waals surface area contributed by atoms with Crippen LogP contribution >= 0.6 is 0 Å². The summed E-state index contributed by atoms with van der Waals surface area (Å²) >= 11 is 0. The molecule has 2 aliphatic heterocycles. The number of hydrogen-bond acceptors (Lipinski definition) is 5. The van der Waals surface area contributed by atoms with Gasteiger partial charge in [-0.25, -0.2) is 0 Å². The fourth-order valence-corrected chi connectivity index (χ4v) is 6.18. The molecular formula is C25H27N3O5. The van der Waals surface area contributed by atoms with Gasteiger partial charge in [-0.3, -0.25) is 14.4 Å². The third-order valence-electron chi connectivity index (χ3n) is 7.89. The van der Waals surface area contributed by atoms with Crippen LogP contribution in [-0.2, 0) is 4.79 Å². The van der Waals surface area contributed by atoms with Crippen molar-refractivity contribution in [1.29, 1.82) is 0 Å². The molecule has 4 atom stereocenters. The van der Waals surface area contributed by atoms with Crippen LogP contribution in [0.5, 0.6) is 5.75 Å². The van der Waals surface area contributed by atoms with Crippen molar-refractivity contribution in [3.63, 3.8) is 0 Å². The van der Waals surface area contributed by atoms with Gasteiger partial charge in [0.25, 0.3) is 11.8 Å². The monoisotopic (exact) mass is 449 g/mol. The molecule has 0 radical (unpaired) electrons. The molecule has 0 unspecified atom stereocenters. The smallest absolute Gasteiger partial charge is 0.289 e. The Hall–Kier alpha value is -3.29. The number of nitrogens with one attached hydrogen (secondary N) is 1. The SMILES string of the molecule is O=C1N[C@@]2(C[C@H]3CC[C@@H]2C[C@@H]3C(=O)N2CCN(C(=O)c3ccco3)CC2)Oc2ccccc21. The van der Waals surface area contributed by atoms with Crippen LogP contribution in [-0.4, -0.2) is 59.4 Å². The lowest BCUT2D eigenvalue weighted by Crippen LogP contribution is -2.67. The average molecular weight is 450 g/mol. The lowest BCUT2D eigenvalue weighted by molar-refractivity contribution is -0.156. The Morgan fingerprint density at radius 1 is 1.00 bits per heavy atom. The first kappa shape index (κ1) is 20.3. The summed E-state index contributed by atoms with van der Waals surface area (Å²) in [6.45, 7) is 2.08. The van der Waals surface area contributed by atoms with Crippen molar-refractivity contribution in [2.45, 2.75) is 31.4 Å². The molecule has 8 nitrogen and oxygen atoms in total. The Labute approximate surface area is 191 Å². The minimum atomic E-state index is -0.709. The predicted octanol–water partition coefficient (Wildman–Crippen LogP) is 2.52. The first-order valence-corrected chi connectivity index (χ1v) is 11.8. The van der Waals surface area contributed by atoms with E-state index >= 15 is 0 Å². The van der Waals surface area contributed by atoms with Crippen molar-refractivity contribution in [2.75, 3.05) is 26.2 Å². The van der Waals surface area contributed by atoms with Crippen LogP contribution in [0.15, 0.2) is 47.1 Å². The molecular weight excluding hydrogens is 422 g/mol. The van der Waals surface area contributed by atoms with Crippen molar-refractivity contribution in [3.05, 3.63) is 54.0 Å². The third-order valence-corrected chi connectivity index (χ3v) is 7.89. The number of rotatable bonds is 2. The molecule has 1 N–H and O–H groups in total. The largest absolute Gasteiger partial charge is 0.467 e. The highest BCUT2D eigenvalue weighted by Crippen LogP contribution is 2.52. The molecule has 7 rings (SSSR count). The lowest BCUT2D eigenvalue weighted by atomic mass is 9.59. The highest BCUT2D eigenvalue weighted by Gasteiger charge is 2.57. The normalized spacial score (nSPS) is 30.5. The van der Waals surface area contributed by atoms with E-state index < -0.39 is 5.72 Å². The van der Waals surface area contributed by atoms with E-state index in [0.717, 1.165) is 19.3 Å². The number of carbonyl (C=O) groups is 3. The number of benzene rings is 1. The molecule has 33 heavy (non-hydrogen) atoms. The van der Waals surface area contributed by atoms with Gasteiger partial charge < -0.3 is 24.3 Å². The second-order valence-electron chi connectivity index (χ2n) is 9.62. The third kappa shape index (κ3) is 3.31. The van der Waals surface area contributed by atoms with Crippen molar-refractivity contribution in [2.24, 2.45) is 17.8 Å². The number of fused-ring (bicyclic) bond motifs is 3. The number of hydrogen-bond donors (Lipinski definition) is 1. The van der Waals surface area contributed by atoms with Crippen molar-refractivity contribution in [3.8, 4) is 5.75 Å². The van der Waals surface area contributed by atoms with Crippen LogP contribution < -0.4 is 10.1 Å². The van der Waals surface area contributed by atoms with Crippen LogP contribution in [0.1, 0.15) is 46.6 Å². The second kappa shape index (κ2) is 7.64. The van der Waals surface area contributed by atoms with Gasteiger partial charge in [0.15, 0.2) is 11.5 Å². The van der Waals surface area contributed by atoms with E-state index in [-0.39, 0.29) is 35.5 Å². The molecule has 172 valence electrons. The molecule has 2 bridgehead atoms. The zero-order valence-electron chi connectivity index (χ0n) is 18.4. The number of nitrogens with zero attached hydrogens (tertiary/aromatic N) is 2. The summed E-state index contributed by atoms with van der Waals surface area (Å²) < 4.78 is 11.6. The Balaban J connectivity index is 1.12. The van der Waals surface area contributed by atoms with Gasteiger partial charge in [-0.15, -0.1) is 0 Å². The summed E-state index contributed by atoms with van der Waals surface area (Å²) in [5.74, 6) is 1.15. The molecule has 3 saturated carbocycles. The Morgan fingerprint density at radius 2 is 1.79 bits per heavy atom. The molecule has 4 fully saturated rings. The summed E-state index contributed by atoms with van der Waals surface area (Å²) in [6.07, 6.45) is 4.79. The topological polar surface area (TPSA) is 92.1 Å². The van der Waals surface area contributed by atoms with Gasteiger partial charge in [0, 0.05) is 44.4 Å². The molecule has 8 heteroatoms. The Bertz CT molecular complexity index is 1090. The van der Waals surface area contributed by atoms with E-state index in [4.69, 9.17) is 9.15 Å². The molecule has 5 aliphatic rings. The Morgan fingerprint density at radius 3 is 2.52 bits per heavy atom. The standard InChI is InChI=1S/C25H27N3O5/c29-22-18-4-1-2-5-20(18)33-25(26-22)15-16-7-8-17(25)14-19(16)23(30)27-9-11-28(12-10-27)24(31)21-6-3-13-32-21/h1-6,13,16-17,19H,7-12,14-15H2,(H,26,29)/t16-,17-,19+,25+/m1/s1. The molecule has 1 aromatic heterocycles. The number of carbonyl (C=O) groups excluding carboxylic acids is 3. The van der Waals surface area contributed by atoms with Crippen LogP contribution in [0.3, 0.4) is 0 Å². The van der Waals surface area contributed by atoms with E-state index in [0.29, 0.717) is 49.7 Å². The maximum Gasteiger partial charge on any atom is 0.289 e. The molecule has 3 heterocycles. The van der Waals surface area contributed by atoms with E-state index in [2.05, 4.69) is 5.32 Å². The highest BCUT2D eigenvalue weighted by atomic mass is 16.5. The quantitative estimate of drug-likeness (QED) is 0.761. The van der Waals surface area contributed by atoms with Gasteiger partial charge in [-0.2, -0.15) is 0 Å². The van der Waals surface area contributed by atoms with E-state index in [1.807, 2.05) is 23.1 Å². The minimum absolute atomic E-state index is 0.0561. The number of piperazine rings is 1. The van der Waals surface area contributed by atoms with Gasteiger partial charge in [-0.1, -0.05) is 12.1 Å². The zero-order chi connectivity index (χ0) is 22.6. The van der Waals surface area contributed by atoms with Gasteiger partial charge in [0.1, 0.15) is 5.75 Å². The van der Waals surface area contributed by atoms with Crippen molar-refractivity contribution >= 4 is 17.7 Å². The number of furan rings is 1. The summed E-state index contributed by atoms with van der Waals surface area (Å²) in [5, 5.41) is 3.15. The number of para-hydroxylation sites is 1. The van der Waals surface area contributed by atoms with E-state index in [1.54, 1.807) is 23.1 Å². The first-order valence-electron chi connectivity index (χ1n) is 11.8. The molecule has 1 saturated heterocycles. The fourth-order valence-electron chi connectivity index (χ4n) is 6.18. The molecule has 1 spiro atoms. The summed E-state index contributed by atoms with van der Waals surface area (Å²) in [4.78, 5) is 42.4. The predicted molar refractivity (Wildman–Crippen MR) is 117 cm³/mol. The molecule has 3 amide bonds. The van der Waals surface area contributed by atoms with Crippen LogP contribution in [0.25, 0.3) is 0 Å². The fraction of sp³-hybridized carbons (Fsp3) is 0.480.